The first-order valence-electron chi connectivity index (χ1n) is 41.7. The van der Waals surface area contributed by atoms with Gasteiger partial charge in [-0.2, -0.15) is 0 Å². The molecule has 0 aliphatic heterocycles. The first-order chi connectivity index (χ1) is 56.3. The first kappa shape index (κ1) is 95.2. The fraction of sp³-hybridized carbons (Fsp3) is 0.327. The molecule has 0 aliphatic rings. The Morgan fingerprint density at radius 1 is 0.258 bits per heavy atom. The Balaban J connectivity index is 0.000000200. The van der Waals surface area contributed by atoms with E-state index in [0.717, 1.165) is 80.5 Å². The van der Waals surface area contributed by atoms with E-state index < -0.39 is 5.75 Å². The van der Waals surface area contributed by atoms with E-state index in [-0.39, 0.29) is 73.4 Å². The van der Waals surface area contributed by atoms with Gasteiger partial charge in [0.15, 0.2) is 11.5 Å². The third kappa shape index (κ3) is 24.2. The second kappa shape index (κ2) is 41.1. The summed E-state index contributed by atoms with van der Waals surface area (Å²) in [5.74, 6) is 3.92. The number of aromatic hydroxyl groups is 13. The summed E-state index contributed by atoms with van der Waals surface area (Å²) in [4.78, 5) is 0. The van der Waals surface area contributed by atoms with Crippen molar-refractivity contribution in [2.24, 2.45) is 5.92 Å². The molecule has 0 aliphatic carbocycles. The molecule has 0 saturated heterocycles. The van der Waals surface area contributed by atoms with Crippen LogP contribution in [0.4, 0.5) is 0 Å². The fourth-order valence-electron chi connectivity index (χ4n) is 14.9. The summed E-state index contributed by atoms with van der Waals surface area (Å²) in [6.45, 7) is 44.6. The van der Waals surface area contributed by atoms with Gasteiger partial charge in [0.25, 0.3) is 0 Å². The lowest BCUT2D eigenvalue weighted by Crippen LogP contribution is -2.25. The molecule has 2 unspecified atom stereocenters. The van der Waals surface area contributed by atoms with Crippen molar-refractivity contribution in [2.75, 3.05) is 0 Å². The number of hydrogen-bond donors (Lipinski definition) is 13. The molecule has 2 atom stereocenters. The molecule has 0 aromatic heterocycles. The topological polar surface area (TPSA) is 263 Å². The maximum absolute atomic E-state index is 10.2. The number of benzene rings is 12. The Kier molecular flexibility index (Phi) is 32.6. The van der Waals surface area contributed by atoms with Gasteiger partial charge in [0.1, 0.15) is 57.5 Å². The van der Waals surface area contributed by atoms with Crippen molar-refractivity contribution in [3.63, 3.8) is 0 Å². The van der Waals surface area contributed by atoms with Crippen LogP contribution < -0.4 is 0 Å². The highest BCUT2D eigenvalue weighted by atomic mass is 16.3. The highest BCUT2D eigenvalue weighted by Crippen LogP contribution is 2.45. The number of rotatable bonds is 20. The van der Waals surface area contributed by atoms with Crippen molar-refractivity contribution in [1.29, 1.82) is 0 Å². The normalized spacial score (nSPS) is 12.1. The monoisotopic (exact) mass is 1620 g/mol. The summed E-state index contributed by atoms with van der Waals surface area (Å²) in [6, 6.07) is 76.9. The first-order valence-corrected chi connectivity index (χ1v) is 41.7. The molecule has 12 aromatic carbocycles. The van der Waals surface area contributed by atoms with Gasteiger partial charge in [-0.1, -0.05) is 289 Å². The van der Waals surface area contributed by atoms with Gasteiger partial charge in [0.2, 0.25) is 5.75 Å². The molecule has 12 aromatic rings. The molecule has 0 radical (unpaired) electrons. The van der Waals surface area contributed by atoms with Gasteiger partial charge in [-0.3, -0.25) is 0 Å². The van der Waals surface area contributed by atoms with Crippen molar-refractivity contribution in [3.8, 4) is 74.7 Å². The Morgan fingerprint density at radius 3 is 0.808 bits per heavy atom. The van der Waals surface area contributed by atoms with Crippen LogP contribution in [0.1, 0.15) is 275 Å². The van der Waals surface area contributed by atoms with Gasteiger partial charge in [0, 0.05) is 39.1 Å². The second-order valence-electron chi connectivity index (χ2n) is 35.2. The van der Waals surface area contributed by atoms with E-state index in [9.17, 15) is 66.4 Å². The lowest BCUT2D eigenvalue weighted by molar-refractivity contribution is 0.365. The van der Waals surface area contributed by atoms with Crippen molar-refractivity contribution < 1.29 is 66.4 Å². The zero-order chi connectivity index (χ0) is 89.1. The minimum atomic E-state index is -0.464. The van der Waals surface area contributed by atoms with Gasteiger partial charge in [0.05, 0.1) is 0 Å². The van der Waals surface area contributed by atoms with E-state index in [1.54, 1.807) is 78.9 Å². The summed E-state index contributed by atoms with van der Waals surface area (Å²) in [5.41, 5.74) is 18.1. The minimum Gasteiger partial charge on any atom is -0.508 e. The third-order valence-corrected chi connectivity index (χ3v) is 23.8. The Morgan fingerprint density at radius 2 is 0.517 bits per heavy atom. The zero-order valence-corrected chi connectivity index (χ0v) is 74.2. The largest absolute Gasteiger partial charge is 0.508 e. The smallest absolute Gasteiger partial charge is 0.200 e. The molecule has 120 heavy (non-hydrogen) atoms. The molecule has 0 fully saturated rings. The van der Waals surface area contributed by atoms with E-state index in [0.29, 0.717) is 64.2 Å². The van der Waals surface area contributed by atoms with E-state index >= 15 is 0 Å². The van der Waals surface area contributed by atoms with Gasteiger partial charge < -0.3 is 66.4 Å². The predicted molar refractivity (Wildman–Crippen MR) is 491 cm³/mol. The molecular weight excluding hydrogens is 1490 g/mol. The highest BCUT2D eigenvalue weighted by molar-refractivity contribution is 5.56. The van der Waals surface area contributed by atoms with Gasteiger partial charge >= 0.3 is 0 Å². The standard InChI is InChI=1S/C23H32O2.C21H28O2.C18H22O2.C17H20O2.C15H16O2.C13H12O3/c1-7-15(3)19-13-17(9-11-21(19)24)23(5,6)18-10-12-22(25)20(14-18)16(4)8-2;1-13(2)17-11-15(7-9-19(17)22)21(5,6)16-8-10-20(23)18(12-16)14(3)4;1-13(2)12-18(3,14-4-8-16(19)9-5-14)15-6-10-17(20)11-7-15;1-11-9-13(5-7-15(11)18)17(3,4)14-6-8-16(19)12(2)10-14;1-15(2,11-3-7-13(16)8-4-11)12-5-9-14(17)10-6-12;14-11-7-6-10(12(15)13(11)16)8-9-4-2-1-3-5-9/h9-16,24-25H,7-8H2,1-6H3;7-14,22-23H,1-6H3;4-11,13,19-20H,12H2,1-3H3;5-10,18-19H,1-4H3;3-10,16-17H,1-2H3;1-7,14-16H,8H2. The van der Waals surface area contributed by atoms with Gasteiger partial charge in [-0.15, -0.1) is 0 Å². The second-order valence-corrected chi connectivity index (χ2v) is 35.2. The van der Waals surface area contributed by atoms with Crippen LogP contribution in [0, 0.1) is 19.8 Å². The molecule has 13 N–H and O–H groups in total. The molecule has 0 amide bonds. The number of hydrogen-bond acceptors (Lipinski definition) is 13. The van der Waals surface area contributed by atoms with E-state index in [1.165, 1.54) is 39.4 Å². The molecule has 0 bridgehead atoms. The summed E-state index contributed by atoms with van der Waals surface area (Å²) in [6.07, 6.45) is 3.51. The number of aryl methyl sites for hydroxylation is 2. The molecule has 13 heteroatoms. The molecule has 0 saturated carbocycles. The van der Waals surface area contributed by atoms with Crippen molar-refractivity contribution in [3.05, 3.63) is 349 Å². The Hall–Kier alpha value is -12.0. The van der Waals surface area contributed by atoms with Crippen LogP contribution >= 0.6 is 0 Å². The molecule has 12 rings (SSSR count). The number of phenols is 13. The molecule has 636 valence electrons. The molecule has 0 heterocycles. The summed E-state index contributed by atoms with van der Waals surface area (Å²) in [7, 11) is 0. The van der Waals surface area contributed by atoms with Gasteiger partial charge in [-0.05, 0) is 248 Å². The summed E-state index contributed by atoms with van der Waals surface area (Å²) >= 11 is 0. The van der Waals surface area contributed by atoms with E-state index in [4.69, 9.17) is 0 Å². The van der Waals surface area contributed by atoms with Crippen molar-refractivity contribution in [2.45, 2.75) is 222 Å². The van der Waals surface area contributed by atoms with Crippen LogP contribution in [-0.4, -0.2) is 66.4 Å². The highest BCUT2D eigenvalue weighted by Gasteiger charge is 2.32. The van der Waals surface area contributed by atoms with Crippen LogP contribution in [0.25, 0.3) is 0 Å². The third-order valence-electron chi connectivity index (χ3n) is 23.8. The maximum Gasteiger partial charge on any atom is 0.200 e. The maximum atomic E-state index is 10.2. The van der Waals surface area contributed by atoms with Crippen LogP contribution in [0.5, 0.6) is 74.7 Å². The van der Waals surface area contributed by atoms with E-state index in [1.807, 2.05) is 153 Å². The molecule has 0 spiro atoms. The molecular formula is C107H130O13. The van der Waals surface area contributed by atoms with Crippen LogP contribution in [-0.2, 0) is 33.5 Å². The minimum absolute atomic E-state index is 0.129. The van der Waals surface area contributed by atoms with Crippen LogP contribution in [0.3, 0.4) is 0 Å². The SMILES string of the molecule is CC(C)(c1ccc(O)cc1)c1ccc(O)cc1.CC(C)CC(C)(c1ccc(O)cc1)c1ccc(O)cc1.CC(C)c1cc(C(C)(C)c2ccc(O)c(C(C)C)c2)ccc1O.CCC(C)c1cc(C(C)(C)c2ccc(O)c(C(C)CC)c2)ccc1O.Cc1cc(C(C)(C)c2ccc(O)c(C)c2)ccc1O.Oc1ccc(Cc2ccccc2)c(O)c1O. The average molecular weight is 1620 g/mol. The Labute approximate surface area is 713 Å². The number of phenolic OH excluding ortho intramolecular Hbond substituents is 13. The van der Waals surface area contributed by atoms with Crippen molar-refractivity contribution >= 4 is 0 Å². The van der Waals surface area contributed by atoms with Crippen molar-refractivity contribution in [1.82, 2.24) is 0 Å². The Bertz CT molecular complexity index is 5020. The zero-order valence-electron chi connectivity index (χ0n) is 74.2. The lowest BCUT2D eigenvalue weighted by Gasteiger charge is -2.33. The lowest BCUT2D eigenvalue weighted by atomic mass is 9.71. The van der Waals surface area contributed by atoms with Crippen LogP contribution in [0.15, 0.2) is 249 Å². The fourth-order valence-corrected chi connectivity index (χ4v) is 14.9. The predicted octanol–water partition coefficient (Wildman–Crippen LogP) is 26.4. The summed E-state index contributed by atoms with van der Waals surface area (Å²) in [5, 5.41) is 126. The average Bonchev–Trinajstić information content (AvgIpc) is 0.799. The van der Waals surface area contributed by atoms with Gasteiger partial charge in [-0.25, -0.2) is 0 Å². The van der Waals surface area contributed by atoms with Crippen LogP contribution in [0.2, 0.25) is 0 Å². The quantitative estimate of drug-likeness (QED) is 0.0317. The molecule has 13 nitrogen and oxygen atoms in total. The van der Waals surface area contributed by atoms with E-state index in [2.05, 4.69) is 156 Å². The summed E-state index contributed by atoms with van der Waals surface area (Å²) < 4.78 is 0.